The van der Waals surface area contributed by atoms with E-state index in [1.54, 1.807) is 9.80 Å². The topological polar surface area (TPSA) is 126 Å². The zero-order chi connectivity index (χ0) is 38.5. The number of anilines is 5. The van der Waals surface area contributed by atoms with Crippen LogP contribution in [0.1, 0.15) is 66.4 Å². The minimum Gasteiger partial charge on any atom is -0.399 e. The number of aryl methyl sites for hydroxylation is 1. The molecular formula is C42H62N8O4. The lowest BCUT2D eigenvalue weighted by atomic mass is 10.0. The Morgan fingerprint density at radius 3 is 1.61 bits per heavy atom. The van der Waals surface area contributed by atoms with Crippen molar-refractivity contribution in [3.63, 3.8) is 0 Å². The summed E-state index contributed by atoms with van der Waals surface area (Å²) in [4.78, 5) is 58.6. The summed E-state index contributed by atoms with van der Waals surface area (Å²) in [6, 6.07) is 24.1. The second kappa shape index (κ2) is 21.0. The fourth-order valence-corrected chi connectivity index (χ4v) is 6.90. The lowest BCUT2D eigenvalue weighted by Crippen LogP contribution is -2.53. The zero-order valence-corrected chi connectivity index (χ0v) is 32.4. The summed E-state index contributed by atoms with van der Waals surface area (Å²) in [5, 5.41) is 2.38. The Balaban J connectivity index is 0.000000315. The maximum atomic E-state index is 12.1. The van der Waals surface area contributed by atoms with Crippen molar-refractivity contribution >= 4 is 52.3 Å². The number of carbonyl (C=O) groups excluding carboxylic acids is 4. The van der Waals surface area contributed by atoms with Gasteiger partial charge in [-0.2, -0.15) is 0 Å². The van der Waals surface area contributed by atoms with Gasteiger partial charge in [0, 0.05) is 107 Å². The monoisotopic (exact) mass is 742 g/mol. The fourth-order valence-electron chi connectivity index (χ4n) is 6.90. The summed E-state index contributed by atoms with van der Waals surface area (Å²) in [6.45, 7) is 17.3. The highest BCUT2D eigenvalue weighted by molar-refractivity contribution is 6.06. The summed E-state index contributed by atoms with van der Waals surface area (Å²) in [5.41, 5.74) is 11.9. The number of piperazine rings is 1. The standard InChI is InChI=1S/C25H32N6O2.C12H14N2O2.2C2H6.CH4/c26-19-1-3-20(4-2-19)29-15-17-30(18-16-29)22-9-12-28(13-10-22)21-5-7-23(8-6-21)31-14-11-24(32)27-25(31)33;1-9-3-5-10(6-4-9)14-8-7-11(15)13(2)12(14)16;2*1-2;/h1-8,22H,9-18,26H2,(H,27,32,33);3-6H,7-8H2,1-2H3;2*1-2H3;1H4. The fraction of sp³-hybridized carbons (Fsp3) is 0.476. The molecule has 54 heavy (non-hydrogen) atoms. The zero-order valence-electron chi connectivity index (χ0n) is 32.4. The molecule has 0 radical (unpaired) electrons. The number of nitrogen functional groups attached to an aromatic ring is 1. The second-order valence-corrected chi connectivity index (χ2v) is 13.1. The van der Waals surface area contributed by atoms with Crippen LogP contribution in [-0.4, -0.2) is 99.1 Å². The van der Waals surface area contributed by atoms with Crippen LogP contribution in [0.5, 0.6) is 0 Å². The number of urea groups is 2. The third-order valence-electron chi connectivity index (χ3n) is 9.92. The maximum Gasteiger partial charge on any atom is 0.330 e. The van der Waals surface area contributed by atoms with E-state index >= 15 is 0 Å². The molecule has 7 rings (SSSR count). The summed E-state index contributed by atoms with van der Waals surface area (Å²) >= 11 is 0. The number of hydrogen-bond acceptors (Lipinski definition) is 8. The number of nitrogens with one attached hydrogen (secondary N) is 1. The molecular weight excluding hydrogens is 681 g/mol. The van der Waals surface area contributed by atoms with Gasteiger partial charge in [0.15, 0.2) is 0 Å². The van der Waals surface area contributed by atoms with E-state index in [4.69, 9.17) is 5.73 Å². The first-order chi connectivity index (χ1) is 25.7. The highest BCUT2D eigenvalue weighted by Crippen LogP contribution is 2.27. The molecule has 3 aromatic rings. The Kier molecular flexibility index (Phi) is 16.8. The van der Waals surface area contributed by atoms with Crippen molar-refractivity contribution < 1.29 is 19.2 Å². The largest absolute Gasteiger partial charge is 0.399 e. The molecule has 4 aliphatic rings. The molecule has 12 heteroatoms. The predicted molar refractivity (Wildman–Crippen MR) is 223 cm³/mol. The van der Waals surface area contributed by atoms with Gasteiger partial charge in [-0.05, 0) is 80.4 Å². The normalized spacial score (nSPS) is 17.9. The summed E-state index contributed by atoms with van der Waals surface area (Å²) in [7, 11) is 1.52. The van der Waals surface area contributed by atoms with Crippen LogP contribution in [0.3, 0.4) is 0 Å². The first kappa shape index (κ1) is 43.3. The van der Waals surface area contributed by atoms with Gasteiger partial charge < -0.3 is 15.5 Å². The van der Waals surface area contributed by atoms with Crippen molar-refractivity contribution in [3.05, 3.63) is 78.4 Å². The number of amides is 6. The third-order valence-corrected chi connectivity index (χ3v) is 9.92. The summed E-state index contributed by atoms with van der Waals surface area (Å²) in [5.74, 6) is -0.323. The van der Waals surface area contributed by atoms with E-state index in [1.807, 2.05) is 83.1 Å². The average Bonchev–Trinajstić information content (AvgIpc) is 3.20. The molecule has 0 spiro atoms. The highest BCUT2D eigenvalue weighted by atomic mass is 16.2. The van der Waals surface area contributed by atoms with Crippen molar-refractivity contribution in [2.75, 3.05) is 84.7 Å². The number of hydrogen-bond donors (Lipinski definition) is 2. The molecule has 12 nitrogen and oxygen atoms in total. The second-order valence-electron chi connectivity index (χ2n) is 13.1. The number of piperidine rings is 1. The van der Waals surface area contributed by atoms with Crippen LogP contribution in [-0.2, 0) is 9.59 Å². The minimum absolute atomic E-state index is 0. The van der Waals surface area contributed by atoms with Crippen molar-refractivity contribution in [1.82, 2.24) is 15.1 Å². The van der Waals surface area contributed by atoms with Gasteiger partial charge in [0.1, 0.15) is 0 Å². The van der Waals surface area contributed by atoms with Gasteiger partial charge in [-0.25, -0.2) is 9.59 Å². The molecule has 4 saturated heterocycles. The van der Waals surface area contributed by atoms with Crippen LogP contribution in [0.15, 0.2) is 72.8 Å². The number of rotatable bonds is 5. The number of imide groups is 2. The quantitative estimate of drug-likeness (QED) is 0.269. The van der Waals surface area contributed by atoms with Gasteiger partial charge in [-0.1, -0.05) is 52.8 Å². The minimum atomic E-state index is -0.337. The van der Waals surface area contributed by atoms with Gasteiger partial charge in [-0.3, -0.25) is 34.5 Å². The number of nitrogens with zero attached hydrogens (tertiary/aromatic N) is 6. The maximum absolute atomic E-state index is 12.1. The average molecular weight is 743 g/mol. The SMILES string of the molecule is C.CC.CC.Cc1ccc(N2CCC(=O)N(C)C2=O)cc1.Nc1ccc(N2CCN(C3CCN(c4ccc(N5CCC(=O)NC5=O)cc4)CC3)CC2)cc1. The molecule has 3 aromatic carbocycles. The Morgan fingerprint density at radius 2 is 1.06 bits per heavy atom. The molecule has 3 N–H and O–H groups in total. The van der Waals surface area contributed by atoms with Crippen LogP contribution in [0.25, 0.3) is 0 Å². The molecule has 0 aromatic heterocycles. The van der Waals surface area contributed by atoms with E-state index in [1.165, 1.54) is 36.2 Å². The lowest BCUT2D eigenvalue weighted by Gasteiger charge is -2.44. The molecule has 0 unspecified atom stereocenters. The smallest absolute Gasteiger partial charge is 0.330 e. The van der Waals surface area contributed by atoms with E-state index in [9.17, 15) is 19.2 Å². The first-order valence-electron chi connectivity index (χ1n) is 19.1. The van der Waals surface area contributed by atoms with Gasteiger partial charge in [0.05, 0.1) is 0 Å². The number of carbonyl (C=O) groups is 4. The van der Waals surface area contributed by atoms with E-state index in [-0.39, 0.29) is 31.3 Å². The molecule has 4 heterocycles. The van der Waals surface area contributed by atoms with E-state index in [0.717, 1.165) is 61.9 Å². The van der Waals surface area contributed by atoms with E-state index in [0.29, 0.717) is 32.0 Å². The number of nitrogens with two attached hydrogens (primary N) is 1. The van der Waals surface area contributed by atoms with Gasteiger partial charge >= 0.3 is 12.1 Å². The van der Waals surface area contributed by atoms with Crippen LogP contribution in [0.2, 0.25) is 0 Å². The summed E-state index contributed by atoms with van der Waals surface area (Å²) < 4.78 is 0. The molecule has 4 fully saturated rings. The Hall–Kier alpha value is -5.10. The van der Waals surface area contributed by atoms with Crippen LogP contribution < -0.4 is 30.7 Å². The van der Waals surface area contributed by atoms with E-state index < -0.39 is 0 Å². The Labute approximate surface area is 322 Å². The summed E-state index contributed by atoms with van der Waals surface area (Å²) in [6.07, 6.45) is 3.06. The molecule has 4 aliphatic heterocycles. The van der Waals surface area contributed by atoms with Crippen LogP contribution in [0.4, 0.5) is 38.0 Å². The molecule has 0 atom stereocenters. The van der Waals surface area contributed by atoms with Crippen LogP contribution >= 0.6 is 0 Å². The highest BCUT2D eigenvalue weighted by Gasteiger charge is 2.30. The first-order valence-corrected chi connectivity index (χ1v) is 19.1. The Morgan fingerprint density at radius 1 is 0.593 bits per heavy atom. The molecule has 294 valence electrons. The van der Waals surface area contributed by atoms with Crippen molar-refractivity contribution in [2.24, 2.45) is 0 Å². The van der Waals surface area contributed by atoms with Crippen molar-refractivity contribution in [3.8, 4) is 0 Å². The number of benzene rings is 3. The molecule has 0 bridgehead atoms. The lowest BCUT2D eigenvalue weighted by molar-refractivity contribution is -0.127. The predicted octanol–water partition coefficient (Wildman–Crippen LogP) is 6.98. The van der Waals surface area contributed by atoms with Gasteiger partial charge in [0.25, 0.3) is 0 Å². The third kappa shape index (κ3) is 11.0. The molecule has 6 amide bonds. The van der Waals surface area contributed by atoms with E-state index in [2.05, 4.69) is 44.3 Å². The van der Waals surface area contributed by atoms with Gasteiger partial charge in [-0.15, -0.1) is 0 Å². The van der Waals surface area contributed by atoms with Crippen molar-refractivity contribution in [1.29, 1.82) is 0 Å². The molecule has 0 saturated carbocycles. The van der Waals surface area contributed by atoms with Gasteiger partial charge in [0.2, 0.25) is 11.8 Å². The van der Waals surface area contributed by atoms with Crippen molar-refractivity contribution in [2.45, 2.75) is 73.8 Å². The molecule has 0 aliphatic carbocycles. The van der Waals surface area contributed by atoms with Crippen LogP contribution in [0, 0.1) is 6.92 Å². The Bertz CT molecular complexity index is 1630.